The molecule has 0 saturated carbocycles. The van der Waals surface area contributed by atoms with Crippen LogP contribution in [0.25, 0.3) is 17.0 Å². The van der Waals surface area contributed by atoms with E-state index in [0.717, 1.165) is 22.3 Å². The summed E-state index contributed by atoms with van der Waals surface area (Å²) in [4.78, 5) is 0.383. The van der Waals surface area contributed by atoms with Crippen molar-refractivity contribution in [1.29, 1.82) is 0 Å². The largest absolute Gasteiger partial charge is 0.329 e. The summed E-state index contributed by atoms with van der Waals surface area (Å²) in [5, 5.41) is 1.08. The molecule has 1 aliphatic rings. The average molecular weight is 262 g/mol. The Bertz CT molecular complexity index is 785. The van der Waals surface area contributed by atoms with Crippen molar-refractivity contribution >= 4 is 32.8 Å². The van der Waals surface area contributed by atoms with Gasteiger partial charge in [0.25, 0.3) is 10.0 Å². The van der Waals surface area contributed by atoms with E-state index in [-0.39, 0.29) is 0 Å². The Morgan fingerprint density at radius 3 is 2.50 bits per heavy atom. The molecule has 2 aromatic rings. The van der Waals surface area contributed by atoms with Crippen molar-refractivity contribution in [2.75, 3.05) is 11.4 Å². The number of aromatic nitrogens is 1. The fourth-order valence-corrected chi connectivity index (χ4v) is 3.69. The minimum atomic E-state index is -3.35. The van der Waals surface area contributed by atoms with Crippen LogP contribution in [0, 0.1) is 0 Å². The van der Waals surface area contributed by atoms with Gasteiger partial charge in [-0.05, 0) is 19.1 Å². The van der Waals surface area contributed by atoms with Gasteiger partial charge in [0, 0.05) is 25.0 Å². The van der Waals surface area contributed by atoms with E-state index >= 15 is 0 Å². The number of allylic oxidation sites excluding steroid dienone is 1. The summed E-state index contributed by atoms with van der Waals surface area (Å²) in [5.74, 6) is 0.724. The van der Waals surface area contributed by atoms with Crippen LogP contribution in [0.2, 0.25) is 0 Å². The lowest BCUT2D eigenvalue weighted by atomic mass is 10.1. The first-order valence-electron chi connectivity index (χ1n) is 5.69. The van der Waals surface area contributed by atoms with Gasteiger partial charge in [0.1, 0.15) is 5.82 Å². The van der Waals surface area contributed by atoms with E-state index < -0.39 is 10.0 Å². The molecule has 0 spiro atoms. The molecule has 0 unspecified atom stereocenters. The zero-order valence-electron chi connectivity index (χ0n) is 10.5. The summed E-state index contributed by atoms with van der Waals surface area (Å²) < 4.78 is 27.6. The number of rotatable bonds is 0. The lowest BCUT2D eigenvalue weighted by molar-refractivity contribution is 0.599. The molecule has 1 aromatic heterocycles. The predicted octanol–water partition coefficient (Wildman–Crippen LogP) is 2.32. The van der Waals surface area contributed by atoms with Crippen molar-refractivity contribution in [1.82, 2.24) is 4.57 Å². The molecule has 0 saturated heterocycles. The van der Waals surface area contributed by atoms with Crippen LogP contribution in [0.1, 0.15) is 12.5 Å². The van der Waals surface area contributed by atoms with Crippen molar-refractivity contribution in [2.24, 2.45) is 7.05 Å². The maximum absolute atomic E-state index is 12.1. The molecule has 94 valence electrons. The van der Waals surface area contributed by atoms with Crippen molar-refractivity contribution in [3.05, 3.63) is 34.7 Å². The Morgan fingerprint density at radius 2 is 1.78 bits per heavy atom. The molecule has 1 aliphatic heterocycles. The van der Waals surface area contributed by atoms with Crippen LogP contribution in [-0.4, -0.2) is 20.0 Å². The third-order valence-corrected chi connectivity index (χ3v) is 5.35. The van der Waals surface area contributed by atoms with Crippen LogP contribution in [0.4, 0.5) is 5.82 Å². The maximum atomic E-state index is 12.1. The molecule has 3 rings (SSSR count). The Balaban J connectivity index is 2.50. The molecule has 0 radical (unpaired) electrons. The Kier molecular flexibility index (Phi) is 2.13. The van der Waals surface area contributed by atoms with E-state index in [1.165, 1.54) is 4.31 Å². The van der Waals surface area contributed by atoms with Gasteiger partial charge in [-0.25, -0.2) is 8.42 Å². The maximum Gasteiger partial charge on any atom is 0.261 e. The summed E-state index contributed by atoms with van der Waals surface area (Å²) in [7, 11) is 0.141. The quantitative estimate of drug-likeness (QED) is 0.731. The molecule has 0 amide bonds. The van der Waals surface area contributed by atoms with E-state index in [0.29, 0.717) is 4.91 Å². The summed E-state index contributed by atoms with van der Waals surface area (Å²) >= 11 is 0. The second kappa shape index (κ2) is 3.38. The SMILES string of the molecule is CC1=Cc2c(n(C)c3ccccc23)N(C)S1(=O)=O. The van der Waals surface area contributed by atoms with E-state index in [9.17, 15) is 8.42 Å². The van der Waals surface area contributed by atoms with Gasteiger partial charge in [-0.15, -0.1) is 0 Å². The van der Waals surface area contributed by atoms with E-state index in [4.69, 9.17) is 0 Å². The molecular formula is C13H14N2O2S. The predicted molar refractivity (Wildman–Crippen MR) is 73.9 cm³/mol. The Hall–Kier alpha value is -1.75. The van der Waals surface area contributed by atoms with Gasteiger partial charge < -0.3 is 4.57 Å². The number of para-hydroxylation sites is 1. The molecule has 18 heavy (non-hydrogen) atoms. The fourth-order valence-electron chi connectivity index (χ4n) is 2.54. The monoisotopic (exact) mass is 262 g/mol. The molecule has 0 atom stereocenters. The zero-order chi connectivity index (χ0) is 13.1. The molecule has 2 heterocycles. The number of hydrogen-bond acceptors (Lipinski definition) is 2. The lowest BCUT2D eigenvalue weighted by Crippen LogP contribution is -2.31. The topological polar surface area (TPSA) is 42.3 Å². The highest BCUT2D eigenvalue weighted by molar-refractivity contribution is 7.96. The minimum absolute atomic E-state index is 0.383. The highest BCUT2D eigenvalue weighted by atomic mass is 32.2. The van der Waals surface area contributed by atoms with Crippen LogP contribution >= 0.6 is 0 Å². The van der Waals surface area contributed by atoms with Crippen molar-refractivity contribution < 1.29 is 8.42 Å². The van der Waals surface area contributed by atoms with Crippen LogP contribution in [0.3, 0.4) is 0 Å². The number of fused-ring (bicyclic) bond motifs is 3. The van der Waals surface area contributed by atoms with Crippen molar-refractivity contribution in [2.45, 2.75) is 6.92 Å². The summed E-state index contributed by atoms with van der Waals surface area (Å²) in [6.07, 6.45) is 1.76. The lowest BCUT2D eigenvalue weighted by Gasteiger charge is -2.25. The number of anilines is 1. The summed E-state index contributed by atoms with van der Waals surface area (Å²) in [6, 6.07) is 7.94. The van der Waals surface area contributed by atoms with Crippen LogP contribution in [0.5, 0.6) is 0 Å². The van der Waals surface area contributed by atoms with Gasteiger partial charge in [-0.1, -0.05) is 18.2 Å². The smallest absolute Gasteiger partial charge is 0.261 e. The molecular weight excluding hydrogens is 248 g/mol. The third kappa shape index (κ3) is 1.22. The first-order valence-corrected chi connectivity index (χ1v) is 7.13. The van der Waals surface area contributed by atoms with Gasteiger partial charge in [0.15, 0.2) is 0 Å². The number of hydrogen-bond donors (Lipinski definition) is 0. The van der Waals surface area contributed by atoms with E-state index in [2.05, 4.69) is 0 Å². The summed E-state index contributed by atoms with van der Waals surface area (Å²) in [6.45, 7) is 1.64. The van der Waals surface area contributed by atoms with Gasteiger partial charge in [-0.3, -0.25) is 4.31 Å². The fraction of sp³-hybridized carbons (Fsp3) is 0.231. The molecule has 1 aromatic carbocycles. The van der Waals surface area contributed by atoms with E-state index in [1.807, 2.05) is 35.9 Å². The molecule has 5 heteroatoms. The van der Waals surface area contributed by atoms with Crippen LogP contribution < -0.4 is 4.31 Å². The van der Waals surface area contributed by atoms with E-state index in [1.54, 1.807) is 20.0 Å². The number of sulfonamides is 1. The second-order valence-corrected chi connectivity index (χ2v) is 6.68. The molecule has 0 aliphatic carbocycles. The average Bonchev–Trinajstić information content (AvgIpc) is 2.62. The van der Waals surface area contributed by atoms with Gasteiger partial charge in [0.2, 0.25) is 0 Å². The van der Waals surface area contributed by atoms with Gasteiger partial charge in [0.05, 0.1) is 10.4 Å². The molecule has 0 bridgehead atoms. The normalized spacial score (nSPS) is 17.7. The highest BCUT2D eigenvalue weighted by Crippen LogP contribution is 2.39. The second-order valence-electron chi connectivity index (χ2n) is 4.54. The van der Waals surface area contributed by atoms with Crippen LogP contribution in [-0.2, 0) is 17.1 Å². The Labute approximate surface area is 106 Å². The standard InChI is InChI=1S/C13H14N2O2S/c1-9-8-11-10-6-4-5-7-12(10)14(2)13(11)15(3)18(9,16)17/h4-8H,1-3H3. The minimum Gasteiger partial charge on any atom is -0.329 e. The molecule has 4 nitrogen and oxygen atoms in total. The zero-order valence-corrected chi connectivity index (χ0v) is 11.3. The summed E-state index contributed by atoms with van der Waals surface area (Å²) in [5.41, 5.74) is 2.01. The number of aryl methyl sites for hydroxylation is 1. The third-order valence-electron chi connectivity index (χ3n) is 3.53. The first-order chi connectivity index (χ1) is 8.44. The van der Waals surface area contributed by atoms with Gasteiger partial charge in [-0.2, -0.15) is 0 Å². The van der Waals surface area contributed by atoms with Crippen molar-refractivity contribution in [3.8, 4) is 0 Å². The molecule has 0 fully saturated rings. The first kappa shape index (κ1) is 11.3. The number of nitrogens with zero attached hydrogens (tertiary/aromatic N) is 2. The highest BCUT2D eigenvalue weighted by Gasteiger charge is 2.31. The van der Waals surface area contributed by atoms with Gasteiger partial charge >= 0.3 is 0 Å². The van der Waals surface area contributed by atoms with Crippen molar-refractivity contribution in [3.63, 3.8) is 0 Å². The number of benzene rings is 1. The molecule has 0 N–H and O–H groups in total. The van der Waals surface area contributed by atoms with Crippen LogP contribution in [0.15, 0.2) is 29.2 Å². The Morgan fingerprint density at radius 1 is 1.11 bits per heavy atom.